The Hall–Kier alpha value is -8.46. The predicted molar refractivity (Wildman–Crippen MR) is 238 cm³/mol. The van der Waals surface area contributed by atoms with Gasteiger partial charge in [0.15, 0.2) is 0 Å². The van der Waals surface area contributed by atoms with Gasteiger partial charge in [-0.25, -0.2) is 0 Å². The van der Waals surface area contributed by atoms with Crippen molar-refractivity contribution >= 4 is 100 Å². The normalized spacial score (nSPS) is 11.0. The Bertz CT molecular complexity index is 3010. The molecule has 15 nitrogen and oxygen atoms in total. The number of aromatic nitrogens is 3. The van der Waals surface area contributed by atoms with Crippen LogP contribution in [0.15, 0.2) is 109 Å². The van der Waals surface area contributed by atoms with Gasteiger partial charge in [0.1, 0.15) is 35.0 Å². The molecule has 9 rings (SSSR count). The molecule has 0 aliphatic rings. The topological polar surface area (TPSA) is 336 Å². The molecule has 0 unspecified atom stereocenters. The van der Waals surface area contributed by atoms with Crippen LogP contribution >= 0.6 is 0 Å². The number of hydrogen-bond acceptors (Lipinski definition) is 6. The second kappa shape index (κ2) is 14.6. The zero-order chi connectivity index (χ0) is 41.6. The first-order valence-corrected chi connectivity index (χ1v) is 17.8. The van der Waals surface area contributed by atoms with Crippen molar-refractivity contribution < 1.29 is 0 Å². The van der Waals surface area contributed by atoms with Crippen LogP contribution in [0.1, 0.15) is 33.4 Å². The number of nitrogen functional groups attached to an aromatic ring is 6. The van der Waals surface area contributed by atoms with E-state index in [1.54, 1.807) is 0 Å². The average molecular weight is 768 g/mol. The molecular formula is C43H41N15. The maximum atomic E-state index is 7.55. The number of nitrogens with zero attached hydrogens (tertiary/aromatic N) is 1. The van der Waals surface area contributed by atoms with Crippen molar-refractivity contribution in [2.24, 2.45) is 41.4 Å². The second-order valence-corrected chi connectivity index (χ2v) is 13.8. The lowest BCUT2D eigenvalue weighted by atomic mass is 10.1. The third kappa shape index (κ3) is 6.97. The maximum absolute atomic E-state index is 7.55. The predicted octanol–water partition coefficient (Wildman–Crippen LogP) is 5.68. The van der Waals surface area contributed by atoms with Crippen molar-refractivity contribution in [2.45, 2.75) is 0 Å². The molecule has 0 spiro atoms. The fourth-order valence-electron chi connectivity index (χ4n) is 7.03. The molecule has 0 aliphatic heterocycles. The Morgan fingerprint density at radius 2 is 0.621 bits per heavy atom. The van der Waals surface area contributed by atoms with E-state index in [0.717, 1.165) is 65.4 Å². The number of hydrogen-bond donors (Lipinski definition) is 14. The molecule has 288 valence electrons. The summed E-state index contributed by atoms with van der Waals surface area (Å²) in [6.45, 7) is 0. The van der Waals surface area contributed by atoms with Gasteiger partial charge in [-0.1, -0.05) is 24.3 Å². The van der Waals surface area contributed by atoms with Gasteiger partial charge in [0.25, 0.3) is 0 Å². The minimum atomic E-state index is 0.0407. The molecule has 9 aromatic rings. The number of nitrogens with two attached hydrogens (primary N) is 6. The molecule has 6 aromatic carbocycles. The highest BCUT2D eigenvalue weighted by Gasteiger charge is 2.12. The molecule has 15 heteroatoms. The van der Waals surface area contributed by atoms with E-state index < -0.39 is 0 Å². The van der Waals surface area contributed by atoms with Crippen molar-refractivity contribution in [3.63, 3.8) is 0 Å². The van der Waals surface area contributed by atoms with E-state index in [-0.39, 0.29) is 35.0 Å². The van der Waals surface area contributed by atoms with Crippen LogP contribution in [0.3, 0.4) is 0 Å². The SMILES string of the molecule is Cn1c2ccc(C(=N)N)cc2c2cc(C(=N)N)ccc21.N=C(N)c1ccc2[nH]c3ccc(C(=N)N)cc3c2c1.N=C(N)c1ccc2c(c1)[nH]c1cc(C(=N)N)ccc12. The van der Waals surface area contributed by atoms with E-state index in [1.165, 1.54) is 0 Å². The molecular weight excluding hydrogens is 727 g/mol. The lowest BCUT2D eigenvalue weighted by Gasteiger charge is -2.00. The Balaban J connectivity index is 0.000000132. The number of rotatable bonds is 6. The Morgan fingerprint density at radius 3 is 0.966 bits per heavy atom. The fourth-order valence-corrected chi connectivity index (χ4v) is 7.03. The molecule has 0 radical (unpaired) electrons. The highest BCUT2D eigenvalue weighted by molar-refractivity contribution is 6.14. The molecule has 58 heavy (non-hydrogen) atoms. The molecule has 0 bridgehead atoms. The van der Waals surface area contributed by atoms with Crippen LogP contribution in [-0.2, 0) is 7.05 Å². The fraction of sp³-hybridized carbons (Fsp3) is 0.0233. The number of benzene rings is 6. The summed E-state index contributed by atoms with van der Waals surface area (Å²) in [6.07, 6.45) is 0. The van der Waals surface area contributed by atoms with Gasteiger partial charge in [0, 0.05) is 106 Å². The van der Waals surface area contributed by atoms with Crippen LogP contribution in [-0.4, -0.2) is 49.5 Å². The number of amidine groups is 6. The monoisotopic (exact) mass is 767 g/mol. The smallest absolute Gasteiger partial charge is 0.122 e. The van der Waals surface area contributed by atoms with Gasteiger partial charge in [0.05, 0.1) is 0 Å². The number of nitrogens with one attached hydrogen (secondary N) is 8. The summed E-state index contributed by atoms with van der Waals surface area (Å²) < 4.78 is 2.08. The molecule has 0 amide bonds. The number of fused-ring (bicyclic) bond motifs is 9. The third-order valence-electron chi connectivity index (χ3n) is 10.1. The van der Waals surface area contributed by atoms with Crippen LogP contribution in [0.5, 0.6) is 0 Å². The van der Waals surface area contributed by atoms with Crippen molar-refractivity contribution in [3.8, 4) is 0 Å². The highest BCUT2D eigenvalue weighted by atomic mass is 14.9. The minimum Gasteiger partial charge on any atom is -0.384 e. The van der Waals surface area contributed by atoms with Gasteiger partial charge in [0.2, 0.25) is 0 Å². The molecule has 3 heterocycles. The van der Waals surface area contributed by atoms with Crippen molar-refractivity contribution in [3.05, 3.63) is 143 Å². The van der Waals surface area contributed by atoms with E-state index in [2.05, 4.69) is 14.5 Å². The summed E-state index contributed by atoms with van der Waals surface area (Å²) >= 11 is 0. The lowest BCUT2D eigenvalue weighted by Crippen LogP contribution is -2.10. The van der Waals surface area contributed by atoms with Gasteiger partial charge in [-0.05, 0) is 84.9 Å². The summed E-state index contributed by atoms with van der Waals surface area (Å²) in [7, 11) is 1.99. The zero-order valence-corrected chi connectivity index (χ0v) is 31.3. The molecule has 0 saturated carbocycles. The Morgan fingerprint density at radius 1 is 0.345 bits per heavy atom. The number of H-pyrrole nitrogens is 2. The highest BCUT2D eigenvalue weighted by Crippen LogP contribution is 2.31. The molecule has 3 aromatic heterocycles. The first-order valence-electron chi connectivity index (χ1n) is 17.8. The third-order valence-corrected chi connectivity index (χ3v) is 10.1. The molecule has 0 aliphatic carbocycles. The first-order chi connectivity index (χ1) is 27.6. The molecule has 20 N–H and O–H groups in total. The summed E-state index contributed by atoms with van der Waals surface area (Å²) in [6, 6.07) is 33.8. The molecule has 0 fully saturated rings. The summed E-state index contributed by atoms with van der Waals surface area (Å²) in [5.74, 6) is 0.270. The zero-order valence-electron chi connectivity index (χ0n) is 31.3. The van der Waals surface area contributed by atoms with Crippen molar-refractivity contribution in [1.29, 1.82) is 32.5 Å². The second-order valence-electron chi connectivity index (χ2n) is 13.8. The summed E-state index contributed by atoms with van der Waals surface area (Å²) in [5, 5.41) is 51.1. The molecule has 0 saturated heterocycles. The van der Waals surface area contributed by atoms with Gasteiger partial charge in [-0.15, -0.1) is 0 Å². The average Bonchev–Trinajstić information content (AvgIpc) is 3.85. The Labute approximate surface area is 330 Å². The minimum absolute atomic E-state index is 0.0407. The Kier molecular flexibility index (Phi) is 9.56. The number of aryl methyl sites for hydroxylation is 1. The molecule has 0 atom stereocenters. The van der Waals surface area contributed by atoms with Gasteiger partial charge >= 0.3 is 0 Å². The van der Waals surface area contributed by atoms with Crippen LogP contribution in [0.4, 0.5) is 0 Å². The van der Waals surface area contributed by atoms with E-state index >= 15 is 0 Å². The van der Waals surface area contributed by atoms with E-state index in [1.807, 2.05) is 116 Å². The van der Waals surface area contributed by atoms with Crippen LogP contribution in [0.2, 0.25) is 0 Å². The van der Waals surface area contributed by atoms with Crippen LogP contribution in [0.25, 0.3) is 65.4 Å². The van der Waals surface area contributed by atoms with Crippen LogP contribution < -0.4 is 34.4 Å². The summed E-state index contributed by atoms with van der Waals surface area (Å²) in [5.41, 5.74) is 43.1. The number of aromatic amines is 2. The van der Waals surface area contributed by atoms with Crippen molar-refractivity contribution in [2.75, 3.05) is 0 Å². The van der Waals surface area contributed by atoms with Gasteiger partial charge in [-0.2, -0.15) is 0 Å². The van der Waals surface area contributed by atoms with Gasteiger partial charge < -0.3 is 48.9 Å². The first kappa shape index (κ1) is 37.8. The van der Waals surface area contributed by atoms with Crippen molar-refractivity contribution in [1.82, 2.24) is 14.5 Å². The maximum Gasteiger partial charge on any atom is 0.122 e. The summed E-state index contributed by atoms with van der Waals surface area (Å²) in [4.78, 5) is 6.55. The largest absolute Gasteiger partial charge is 0.384 e. The van der Waals surface area contributed by atoms with E-state index in [9.17, 15) is 0 Å². The lowest BCUT2D eigenvalue weighted by molar-refractivity contribution is 1.01. The van der Waals surface area contributed by atoms with Gasteiger partial charge in [-0.3, -0.25) is 32.5 Å². The van der Waals surface area contributed by atoms with E-state index in [0.29, 0.717) is 33.4 Å². The quantitative estimate of drug-likeness (QED) is 0.0745. The van der Waals surface area contributed by atoms with E-state index in [4.69, 9.17) is 66.9 Å². The standard InChI is InChI=1S/C15H15N5.2C14H13N5/c1-20-12-4-2-8(14(16)17)6-10(12)11-7-9(15(18)19)3-5-13(11)20;15-13(16)7-1-3-11-9(5-7)10-6-8(14(17)18)2-4-12(10)19-11;15-13(16)7-1-3-9-10-4-2-8(14(17)18)6-12(10)19-11(9)5-7/h2-7H,1H3,(H3,16,17)(H3,18,19);2*1-6,19H,(H3,15,16)(H3,17,18). The van der Waals surface area contributed by atoms with Crippen LogP contribution in [0, 0.1) is 32.5 Å².